The minimum Gasteiger partial charge on any atom is -0.439 e. The van der Waals surface area contributed by atoms with Crippen LogP contribution in [0.3, 0.4) is 0 Å². The Morgan fingerprint density at radius 1 is 1.20 bits per heavy atom. The zero-order valence-electron chi connectivity index (χ0n) is 14.3. The Labute approximate surface area is 145 Å². The Morgan fingerprint density at radius 3 is 2.68 bits per heavy atom. The first kappa shape index (κ1) is 16.7. The van der Waals surface area contributed by atoms with Crippen molar-refractivity contribution < 1.29 is 14.1 Å². The van der Waals surface area contributed by atoms with Gasteiger partial charge in [0.05, 0.1) is 5.69 Å². The molecule has 0 fully saturated rings. The van der Waals surface area contributed by atoms with Crippen LogP contribution >= 0.6 is 0 Å². The number of nitrogens with one attached hydrogen (secondary N) is 1. The third-order valence-corrected chi connectivity index (χ3v) is 3.60. The topological polar surface area (TPSA) is 77.3 Å². The van der Waals surface area contributed by atoms with Gasteiger partial charge in [-0.1, -0.05) is 37.2 Å². The van der Waals surface area contributed by atoms with Gasteiger partial charge in [0.15, 0.2) is 5.76 Å². The number of para-hydroxylation sites is 1. The number of anilines is 1. The largest absolute Gasteiger partial charge is 0.439 e. The number of carbonyl (C=O) groups is 1. The van der Waals surface area contributed by atoms with Crippen molar-refractivity contribution in [1.82, 2.24) is 10.1 Å². The molecule has 0 saturated heterocycles. The van der Waals surface area contributed by atoms with Gasteiger partial charge in [-0.25, -0.2) is 4.98 Å². The summed E-state index contributed by atoms with van der Waals surface area (Å²) < 4.78 is 11.0. The Balaban J connectivity index is 1.78. The quantitative estimate of drug-likeness (QED) is 0.739. The molecular formula is C19H19N3O3. The summed E-state index contributed by atoms with van der Waals surface area (Å²) in [5.74, 6) is 1.45. The van der Waals surface area contributed by atoms with Crippen molar-refractivity contribution in [1.29, 1.82) is 0 Å². The van der Waals surface area contributed by atoms with Gasteiger partial charge in [-0.3, -0.25) is 4.79 Å². The molecule has 0 aliphatic heterocycles. The molecule has 6 heteroatoms. The summed E-state index contributed by atoms with van der Waals surface area (Å²) in [5, 5.41) is 6.75. The van der Waals surface area contributed by atoms with Gasteiger partial charge < -0.3 is 14.6 Å². The third kappa shape index (κ3) is 3.85. The number of ether oxygens (including phenoxy) is 1. The summed E-state index contributed by atoms with van der Waals surface area (Å²) in [6, 6.07) is 12.7. The van der Waals surface area contributed by atoms with E-state index in [4.69, 9.17) is 9.26 Å². The molecule has 128 valence electrons. The summed E-state index contributed by atoms with van der Waals surface area (Å²) in [4.78, 5) is 16.8. The van der Waals surface area contributed by atoms with E-state index >= 15 is 0 Å². The number of aryl methyl sites for hydroxylation is 1. The van der Waals surface area contributed by atoms with Crippen LogP contribution in [0.25, 0.3) is 0 Å². The Bertz CT molecular complexity index is 873. The number of rotatable bonds is 5. The molecule has 0 saturated carbocycles. The van der Waals surface area contributed by atoms with Crippen LogP contribution in [-0.2, 0) is 0 Å². The number of pyridine rings is 1. The number of nitrogens with zero attached hydrogens (tertiary/aromatic N) is 2. The molecule has 1 amide bonds. The first-order chi connectivity index (χ1) is 12.0. The average molecular weight is 337 g/mol. The number of amides is 1. The molecule has 0 bridgehead atoms. The van der Waals surface area contributed by atoms with Crippen LogP contribution < -0.4 is 10.1 Å². The van der Waals surface area contributed by atoms with E-state index in [0.717, 1.165) is 0 Å². The highest BCUT2D eigenvalue weighted by Crippen LogP contribution is 2.25. The summed E-state index contributed by atoms with van der Waals surface area (Å²) in [6.45, 7) is 5.66. The number of aromatic nitrogens is 2. The predicted molar refractivity (Wildman–Crippen MR) is 94.0 cm³/mol. The van der Waals surface area contributed by atoms with E-state index in [2.05, 4.69) is 15.5 Å². The van der Waals surface area contributed by atoms with Crippen molar-refractivity contribution in [3.63, 3.8) is 0 Å². The van der Waals surface area contributed by atoms with E-state index in [1.807, 2.05) is 44.2 Å². The Hall–Kier alpha value is -3.15. The maximum atomic E-state index is 12.6. The van der Waals surface area contributed by atoms with E-state index in [0.29, 0.717) is 34.3 Å². The van der Waals surface area contributed by atoms with Gasteiger partial charge in [-0.05, 0) is 25.1 Å². The van der Waals surface area contributed by atoms with E-state index in [9.17, 15) is 4.79 Å². The lowest BCUT2D eigenvalue weighted by Gasteiger charge is -2.09. The van der Waals surface area contributed by atoms with Crippen molar-refractivity contribution in [3.05, 3.63) is 65.7 Å². The minimum absolute atomic E-state index is 0.0661. The van der Waals surface area contributed by atoms with Gasteiger partial charge in [-0.15, -0.1) is 0 Å². The minimum atomic E-state index is -0.265. The molecule has 3 aromatic rings. The predicted octanol–water partition coefficient (Wildman–Crippen LogP) is 4.55. The summed E-state index contributed by atoms with van der Waals surface area (Å²) in [6.07, 6.45) is 1.58. The normalized spacial score (nSPS) is 10.7. The second-order valence-corrected chi connectivity index (χ2v) is 5.91. The van der Waals surface area contributed by atoms with Crippen LogP contribution in [0.1, 0.15) is 41.6 Å². The third-order valence-electron chi connectivity index (χ3n) is 3.60. The Kier molecular flexibility index (Phi) is 4.79. The van der Waals surface area contributed by atoms with Gasteiger partial charge in [0, 0.05) is 23.9 Å². The van der Waals surface area contributed by atoms with Crippen molar-refractivity contribution in [2.75, 3.05) is 5.32 Å². The second-order valence-electron chi connectivity index (χ2n) is 5.91. The molecule has 0 unspecified atom stereocenters. The van der Waals surface area contributed by atoms with E-state index < -0.39 is 0 Å². The first-order valence-electron chi connectivity index (χ1n) is 8.01. The van der Waals surface area contributed by atoms with E-state index in [1.165, 1.54) is 0 Å². The standard InChI is InChI=1S/C19H19N3O3/c1-12(2)18-17(13(3)22-25-18)19(23)21-14-9-10-20-16(11-14)24-15-7-5-4-6-8-15/h4-12H,1-3H3,(H,20,21,23). The lowest BCUT2D eigenvalue weighted by Crippen LogP contribution is -2.15. The molecule has 0 spiro atoms. The fourth-order valence-corrected chi connectivity index (χ4v) is 2.40. The highest BCUT2D eigenvalue weighted by atomic mass is 16.5. The Morgan fingerprint density at radius 2 is 1.96 bits per heavy atom. The van der Waals surface area contributed by atoms with Crippen LogP contribution in [0, 0.1) is 6.92 Å². The SMILES string of the molecule is Cc1noc(C(C)C)c1C(=O)Nc1ccnc(Oc2ccccc2)c1. The van der Waals surface area contributed by atoms with Crippen LogP contribution in [0.5, 0.6) is 11.6 Å². The molecule has 25 heavy (non-hydrogen) atoms. The van der Waals surface area contributed by atoms with Crippen LogP contribution in [-0.4, -0.2) is 16.0 Å². The fraction of sp³-hybridized carbons (Fsp3) is 0.211. The molecule has 1 N–H and O–H groups in total. The van der Waals surface area contributed by atoms with Crippen molar-refractivity contribution in [2.24, 2.45) is 0 Å². The molecule has 2 aromatic heterocycles. The van der Waals surface area contributed by atoms with Gasteiger partial charge in [0.25, 0.3) is 5.91 Å². The summed E-state index contributed by atoms with van der Waals surface area (Å²) in [7, 11) is 0. The van der Waals surface area contributed by atoms with Crippen LogP contribution in [0.4, 0.5) is 5.69 Å². The number of benzene rings is 1. The van der Waals surface area contributed by atoms with Crippen LogP contribution in [0.2, 0.25) is 0 Å². The van der Waals surface area contributed by atoms with Crippen LogP contribution in [0.15, 0.2) is 53.2 Å². The lowest BCUT2D eigenvalue weighted by molar-refractivity contribution is 0.102. The molecule has 6 nitrogen and oxygen atoms in total. The maximum Gasteiger partial charge on any atom is 0.261 e. The number of carbonyl (C=O) groups excluding carboxylic acids is 1. The zero-order chi connectivity index (χ0) is 17.8. The summed E-state index contributed by atoms with van der Waals surface area (Å²) in [5.41, 5.74) is 1.62. The lowest BCUT2D eigenvalue weighted by atomic mass is 10.0. The van der Waals surface area contributed by atoms with Crippen molar-refractivity contribution in [3.8, 4) is 11.6 Å². The highest BCUT2D eigenvalue weighted by Gasteiger charge is 2.22. The van der Waals surface area contributed by atoms with Gasteiger partial charge in [0.1, 0.15) is 11.3 Å². The molecule has 2 heterocycles. The maximum absolute atomic E-state index is 12.6. The average Bonchev–Trinajstić information content (AvgIpc) is 2.98. The van der Waals surface area contributed by atoms with Crippen molar-refractivity contribution >= 4 is 11.6 Å². The second kappa shape index (κ2) is 7.17. The zero-order valence-corrected chi connectivity index (χ0v) is 14.3. The first-order valence-corrected chi connectivity index (χ1v) is 8.01. The highest BCUT2D eigenvalue weighted by molar-refractivity contribution is 6.05. The van der Waals surface area contributed by atoms with Gasteiger partial charge in [-0.2, -0.15) is 0 Å². The molecule has 0 atom stereocenters. The molecule has 0 radical (unpaired) electrons. The molecular weight excluding hydrogens is 318 g/mol. The van der Waals surface area contributed by atoms with Crippen molar-refractivity contribution in [2.45, 2.75) is 26.7 Å². The van der Waals surface area contributed by atoms with Gasteiger partial charge >= 0.3 is 0 Å². The smallest absolute Gasteiger partial charge is 0.261 e. The van der Waals surface area contributed by atoms with Gasteiger partial charge in [0.2, 0.25) is 5.88 Å². The molecule has 0 aliphatic carbocycles. The van der Waals surface area contributed by atoms with E-state index in [-0.39, 0.29) is 11.8 Å². The molecule has 0 aliphatic rings. The monoisotopic (exact) mass is 337 g/mol. The van der Waals surface area contributed by atoms with E-state index in [1.54, 1.807) is 25.3 Å². The number of hydrogen-bond acceptors (Lipinski definition) is 5. The molecule has 3 rings (SSSR count). The molecule has 1 aromatic carbocycles. The fourth-order valence-electron chi connectivity index (χ4n) is 2.40. The number of hydrogen-bond donors (Lipinski definition) is 1. The summed E-state index contributed by atoms with van der Waals surface area (Å²) >= 11 is 0.